The molecular formula is C15H20O4S2. The predicted octanol–water partition coefficient (Wildman–Crippen LogP) is 3.07. The number of rotatable bonds is 4. The van der Waals surface area contributed by atoms with Crippen LogP contribution in [0, 0.1) is 11.8 Å². The molecule has 3 unspecified atom stereocenters. The number of aliphatic carboxylic acids is 1. The molecule has 1 fully saturated rings. The zero-order valence-corrected chi connectivity index (χ0v) is 13.8. The highest BCUT2D eigenvalue weighted by atomic mass is 32.2. The van der Waals surface area contributed by atoms with Crippen molar-refractivity contribution in [3.63, 3.8) is 0 Å². The summed E-state index contributed by atoms with van der Waals surface area (Å²) in [6.45, 7) is 2.15. The van der Waals surface area contributed by atoms with Crippen LogP contribution in [0.5, 0.6) is 0 Å². The van der Waals surface area contributed by atoms with E-state index in [2.05, 4.69) is 6.92 Å². The maximum absolute atomic E-state index is 11.4. The van der Waals surface area contributed by atoms with Crippen molar-refractivity contribution in [2.45, 2.75) is 41.2 Å². The Labute approximate surface area is 129 Å². The van der Waals surface area contributed by atoms with E-state index in [9.17, 15) is 18.3 Å². The number of carboxylic acids is 1. The van der Waals surface area contributed by atoms with Crippen molar-refractivity contribution in [1.29, 1.82) is 0 Å². The Bertz CT molecular complexity index is 607. The molecule has 0 spiro atoms. The number of hydrogen-bond donors (Lipinski definition) is 1. The van der Waals surface area contributed by atoms with Gasteiger partial charge in [-0.05, 0) is 49.4 Å². The van der Waals surface area contributed by atoms with Crippen LogP contribution in [-0.2, 0) is 14.6 Å². The smallest absolute Gasteiger partial charge is 0.307 e. The van der Waals surface area contributed by atoms with Crippen molar-refractivity contribution in [2.75, 3.05) is 6.26 Å². The van der Waals surface area contributed by atoms with E-state index in [1.807, 2.05) is 0 Å². The fraction of sp³-hybridized carbons (Fsp3) is 0.533. The Balaban J connectivity index is 2.13. The van der Waals surface area contributed by atoms with E-state index in [0.717, 1.165) is 24.2 Å². The van der Waals surface area contributed by atoms with E-state index in [-0.39, 0.29) is 11.2 Å². The van der Waals surface area contributed by atoms with Gasteiger partial charge in [0.1, 0.15) is 0 Å². The van der Waals surface area contributed by atoms with Crippen LogP contribution < -0.4 is 0 Å². The Hall–Kier alpha value is -1.01. The molecule has 1 aliphatic rings. The molecule has 0 aliphatic heterocycles. The summed E-state index contributed by atoms with van der Waals surface area (Å²) in [6.07, 6.45) is 3.74. The molecule has 116 valence electrons. The lowest BCUT2D eigenvalue weighted by atomic mass is 9.82. The number of sulfone groups is 1. The van der Waals surface area contributed by atoms with Gasteiger partial charge in [0.05, 0.1) is 10.8 Å². The summed E-state index contributed by atoms with van der Waals surface area (Å²) in [6, 6.07) is 6.69. The van der Waals surface area contributed by atoms with Crippen molar-refractivity contribution in [2.24, 2.45) is 11.8 Å². The standard InChI is InChI=1S/C15H20O4S2/c1-10-3-8-13(15(16)17)14(9-10)20-11-4-6-12(7-5-11)21(2,18)19/h4-7,10,13-14H,3,8-9H2,1-2H3,(H,16,17). The summed E-state index contributed by atoms with van der Waals surface area (Å²) < 4.78 is 22.9. The van der Waals surface area contributed by atoms with Crippen molar-refractivity contribution < 1.29 is 18.3 Å². The lowest BCUT2D eigenvalue weighted by molar-refractivity contribution is -0.142. The molecule has 0 radical (unpaired) electrons. The van der Waals surface area contributed by atoms with Gasteiger partial charge in [-0.2, -0.15) is 0 Å². The van der Waals surface area contributed by atoms with Crippen LogP contribution in [0.3, 0.4) is 0 Å². The van der Waals surface area contributed by atoms with Crippen molar-refractivity contribution >= 4 is 27.6 Å². The van der Waals surface area contributed by atoms with Gasteiger partial charge < -0.3 is 5.11 Å². The van der Waals surface area contributed by atoms with Gasteiger partial charge in [-0.15, -0.1) is 11.8 Å². The van der Waals surface area contributed by atoms with Crippen LogP contribution in [0.4, 0.5) is 0 Å². The third kappa shape index (κ3) is 4.23. The lowest BCUT2D eigenvalue weighted by Crippen LogP contribution is -2.32. The van der Waals surface area contributed by atoms with Crippen molar-refractivity contribution in [3.05, 3.63) is 24.3 Å². The van der Waals surface area contributed by atoms with Gasteiger partial charge in [0.2, 0.25) is 0 Å². The summed E-state index contributed by atoms with van der Waals surface area (Å²) >= 11 is 1.55. The largest absolute Gasteiger partial charge is 0.481 e. The Morgan fingerprint density at radius 1 is 1.24 bits per heavy atom. The molecule has 0 bridgehead atoms. The molecule has 4 nitrogen and oxygen atoms in total. The second kappa shape index (κ2) is 6.40. The molecule has 0 saturated heterocycles. The summed E-state index contributed by atoms with van der Waals surface area (Å²) in [4.78, 5) is 12.6. The van der Waals surface area contributed by atoms with Crippen LogP contribution in [0.1, 0.15) is 26.2 Å². The van der Waals surface area contributed by atoms with Crippen LogP contribution in [-0.4, -0.2) is 31.0 Å². The van der Waals surface area contributed by atoms with E-state index in [1.165, 1.54) is 6.26 Å². The average Bonchev–Trinajstić information content (AvgIpc) is 2.38. The van der Waals surface area contributed by atoms with Crippen molar-refractivity contribution in [3.8, 4) is 0 Å². The number of thioether (sulfide) groups is 1. The lowest BCUT2D eigenvalue weighted by Gasteiger charge is -2.31. The van der Waals surface area contributed by atoms with Gasteiger partial charge in [0.15, 0.2) is 9.84 Å². The molecule has 21 heavy (non-hydrogen) atoms. The summed E-state index contributed by atoms with van der Waals surface area (Å²) in [5.41, 5.74) is 0. The van der Waals surface area contributed by atoms with Gasteiger partial charge in [0, 0.05) is 16.4 Å². The molecule has 0 amide bonds. The molecule has 1 aromatic carbocycles. The van der Waals surface area contributed by atoms with Gasteiger partial charge in [-0.3, -0.25) is 4.79 Å². The quantitative estimate of drug-likeness (QED) is 0.919. The minimum absolute atomic E-state index is 0.0512. The van der Waals surface area contributed by atoms with E-state index in [0.29, 0.717) is 10.8 Å². The molecule has 0 aromatic heterocycles. The maximum Gasteiger partial charge on any atom is 0.307 e. The number of carbonyl (C=O) groups is 1. The second-order valence-electron chi connectivity index (χ2n) is 5.76. The van der Waals surface area contributed by atoms with Gasteiger partial charge in [0.25, 0.3) is 0 Å². The molecule has 1 aliphatic carbocycles. The van der Waals surface area contributed by atoms with Gasteiger partial charge in [-0.1, -0.05) is 6.92 Å². The zero-order valence-electron chi connectivity index (χ0n) is 12.2. The highest BCUT2D eigenvalue weighted by molar-refractivity contribution is 8.00. The molecule has 0 heterocycles. The first kappa shape index (κ1) is 16.4. The minimum Gasteiger partial charge on any atom is -0.481 e. The highest BCUT2D eigenvalue weighted by Gasteiger charge is 2.34. The molecule has 1 N–H and O–H groups in total. The molecule has 1 saturated carbocycles. The summed E-state index contributed by atoms with van der Waals surface area (Å²) in [7, 11) is -3.19. The number of benzene rings is 1. The zero-order chi connectivity index (χ0) is 15.6. The highest BCUT2D eigenvalue weighted by Crippen LogP contribution is 2.40. The summed E-state index contributed by atoms with van der Waals surface area (Å²) in [5, 5.41) is 9.38. The first-order chi connectivity index (χ1) is 9.77. The molecule has 2 rings (SSSR count). The number of hydrogen-bond acceptors (Lipinski definition) is 4. The van der Waals surface area contributed by atoms with Gasteiger partial charge >= 0.3 is 5.97 Å². The topological polar surface area (TPSA) is 71.4 Å². The Kier molecular flexibility index (Phi) is 4.99. The van der Waals surface area contributed by atoms with E-state index < -0.39 is 15.8 Å². The molecule has 6 heteroatoms. The van der Waals surface area contributed by atoms with E-state index in [4.69, 9.17) is 0 Å². The number of carboxylic acid groups (broad SMARTS) is 1. The Morgan fingerprint density at radius 2 is 1.86 bits per heavy atom. The van der Waals surface area contributed by atoms with E-state index in [1.54, 1.807) is 36.0 Å². The normalized spacial score (nSPS) is 26.5. The monoisotopic (exact) mass is 328 g/mol. The van der Waals surface area contributed by atoms with Crippen LogP contribution in [0.15, 0.2) is 34.1 Å². The predicted molar refractivity (Wildman–Crippen MR) is 83.3 cm³/mol. The summed E-state index contributed by atoms with van der Waals surface area (Å²) in [5.74, 6) is -0.513. The fourth-order valence-corrected chi connectivity index (χ4v) is 4.80. The van der Waals surface area contributed by atoms with Crippen LogP contribution in [0.2, 0.25) is 0 Å². The minimum atomic E-state index is -3.19. The third-order valence-corrected chi connectivity index (χ3v) is 6.41. The van der Waals surface area contributed by atoms with E-state index >= 15 is 0 Å². The van der Waals surface area contributed by atoms with Crippen LogP contribution >= 0.6 is 11.8 Å². The SMILES string of the molecule is CC1CCC(C(=O)O)C(Sc2ccc(S(C)(=O)=O)cc2)C1. The molecular weight excluding hydrogens is 308 g/mol. The Morgan fingerprint density at radius 3 is 2.38 bits per heavy atom. The third-order valence-electron chi connectivity index (χ3n) is 3.91. The second-order valence-corrected chi connectivity index (χ2v) is 9.09. The fourth-order valence-electron chi connectivity index (χ4n) is 2.68. The van der Waals surface area contributed by atoms with Crippen molar-refractivity contribution in [1.82, 2.24) is 0 Å². The van der Waals surface area contributed by atoms with Crippen LogP contribution in [0.25, 0.3) is 0 Å². The van der Waals surface area contributed by atoms with Gasteiger partial charge in [-0.25, -0.2) is 8.42 Å². The molecule has 1 aromatic rings. The average molecular weight is 328 g/mol. The molecule has 3 atom stereocenters. The maximum atomic E-state index is 11.4. The first-order valence-corrected chi connectivity index (χ1v) is 9.74. The first-order valence-electron chi connectivity index (χ1n) is 6.97.